The van der Waals surface area contributed by atoms with E-state index in [1.807, 2.05) is 0 Å². The van der Waals surface area contributed by atoms with E-state index >= 15 is 24.0 Å². The topological polar surface area (TPSA) is 661 Å². The van der Waals surface area contributed by atoms with Gasteiger partial charge in [-0.15, -0.1) is 0 Å². The van der Waals surface area contributed by atoms with E-state index < -0.39 is 83.8 Å². The molecule has 850 valence electrons. The quantitative estimate of drug-likeness (QED) is 0.0142. The molecule has 1 fully saturated rings. The van der Waals surface area contributed by atoms with Gasteiger partial charge >= 0.3 is 0 Å². The molecule has 0 radical (unpaired) electrons. The standard InChI is InChI=1S/C100H170N20O30/c101-21-6-46-136-56-66-146-71-61-141-51-11-31-111-86-81(91(126)96(86)131)106-26-1-16-76(121)116-36-38-117(77(122)17-2-27-107-82-87(97(132)92(82)127)112-32-12-52-142-62-72-147-67-57-137-47-7-22-102)40-42-119(79(124)19-4-29-109-84-89(99(134)94(84)129)114-34-14-54-144-64-74-149-69-59-139-49-9-24-104)44-45-120(80(125)20-5-30-110-85-90(100(135)95(85)130)115-35-15-55-145-65-75-150-70-60-140-50-10-25-105)43-41-118(39-37-116)78(123)18-3-28-108-83-88(98(133)93(83)128)113-33-13-53-143-63-73-148-68-58-138-48-8-23-103/h106-115H,1-75,101-105H2. The van der Waals surface area contributed by atoms with E-state index in [9.17, 15) is 47.9 Å². The highest BCUT2D eigenvalue weighted by Gasteiger charge is 2.30. The number of nitrogens with two attached hydrogens (primary N) is 5. The predicted octanol–water partition coefficient (Wildman–Crippen LogP) is -2.41. The molecule has 150 heavy (non-hydrogen) atoms. The molecule has 6 rings (SSSR count). The van der Waals surface area contributed by atoms with Crippen LogP contribution in [0.3, 0.4) is 0 Å². The van der Waals surface area contributed by atoms with Crippen molar-refractivity contribution in [3.05, 3.63) is 102 Å². The number of nitrogens with one attached hydrogen (secondary N) is 10. The number of carbonyl (C=O) groups excluding carboxylic acids is 5. The van der Waals surface area contributed by atoms with Gasteiger partial charge in [0.05, 0.1) is 132 Å². The van der Waals surface area contributed by atoms with Crippen molar-refractivity contribution in [3.8, 4) is 0 Å². The molecule has 1 saturated heterocycles. The highest BCUT2D eigenvalue weighted by molar-refractivity contribution is 5.82. The Hall–Kier alpha value is -10.0. The summed E-state index contributed by atoms with van der Waals surface area (Å²) in [7, 11) is 0. The van der Waals surface area contributed by atoms with E-state index in [0.29, 0.717) is 296 Å². The van der Waals surface area contributed by atoms with Gasteiger partial charge in [-0.05, 0) is 129 Å². The third-order valence-corrected chi connectivity index (χ3v) is 23.9. The summed E-state index contributed by atoms with van der Waals surface area (Å²) in [6.45, 7) is 14.9. The third kappa shape index (κ3) is 51.1. The minimum absolute atomic E-state index is 0.0470. The zero-order valence-corrected chi connectivity index (χ0v) is 87.9. The monoisotopic (exact) mass is 2130 g/mol. The van der Waals surface area contributed by atoms with Gasteiger partial charge in [0, 0.05) is 229 Å². The maximum Gasteiger partial charge on any atom is 0.253 e. The van der Waals surface area contributed by atoms with E-state index in [2.05, 4.69) is 53.2 Å². The van der Waals surface area contributed by atoms with E-state index in [0.717, 1.165) is 32.1 Å². The Labute approximate surface area is 876 Å². The number of carbonyl (C=O) groups is 5. The summed E-state index contributed by atoms with van der Waals surface area (Å²) in [5.74, 6) is -2.20. The Bertz CT molecular complexity index is 4190. The molecule has 0 spiro atoms. The number of hydrogen-bond donors (Lipinski definition) is 15. The van der Waals surface area contributed by atoms with Gasteiger partial charge in [-0.1, -0.05) is 0 Å². The summed E-state index contributed by atoms with van der Waals surface area (Å²) in [5.41, 5.74) is 21.0. The molecular formula is C100H170N20O30. The average molecular weight is 2130 g/mol. The largest absolute Gasteiger partial charge is 0.380 e. The lowest BCUT2D eigenvalue weighted by Gasteiger charge is -2.31. The van der Waals surface area contributed by atoms with Crippen molar-refractivity contribution in [2.45, 2.75) is 128 Å². The van der Waals surface area contributed by atoms with Crippen molar-refractivity contribution < 1.29 is 95.0 Å². The zero-order valence-electron chi connectivity index (χ0n) is 87.9. The number of amides is 5. The molecule has 0 aromatic heterocycles. The molecule has 5 aromatic rings. The highest BCUT2D eigenvalue weighted by atomic mass is 16.6. The van der Waals surface area contributed by atoms with E-state index in [1.165, 1.54) is 24.5 Å². The maximum atomic E-state index is 15.1. The second-order valence-electron chi connectivity index (χ2n) is 35.4. The number of ether oxygens (including phenoxy) is 15. The number of rotatable bonds is 95. The van der Waals surface area contributed by atoms with E-state index in [1.54, 1.807) is 0 Å². The fourth-order valence-electron chi connectivity index (χ4n) is 15.3. The van der Waals surface area contributed by atoms with Crippen LogP contribution in [0.15, 0.2) is 47.9 Å². The summed E-state index contributed by atoms with van der Waals surface area (Å²) >= 11 is 0. The minimum Gasteiger partial charge on any atom is -0.380 e. The molecular weight excluding hydrogens is 1960 g/mol. The average Bonchev–Trinajstić information content (AvgIpc) is 0.817. The van der Waals surface area contributed by atoms with Crippen LogP contribution in [0, 0.1) is 0 Å². The Morgan fingerprint density at radius 1 is 0.160 bits per heavy atom. The number of nitrogens with zero attached hydrogens (tertiary/aromatic N) is 5. The summed E-state index contributed by atoms with van der Waals surface area (Å²) in [6.07, 6.45) is 5.96. The van der Waals surface area contributed by atoms with Crippen molar-refractivity contribution >= 4 is 86.4 Å². The van der Waals surface area contributed by atoms with Crippen LogP contribution in [0.1, 0.15) is 128 Å². The Kier molecular flexibility index (Phi) is 70.0. The van der Waals surface area contributed by atoms with Crippen molar-refractivity contribution in [3.63, 3.8) is 0 Å². The smallest absolute Gasteiger partial charge is 0.253 e. The normalized spacial score (nSPS) is 13.0. The summed E-state index contributed by atoms with van der Waals surface area (Å²) in [4.78, 5) is 213. The minimum atomic E-state index is -0.746. The van der Waals surface area contributed by atoms with Gasteiger partial charge in [-0.3, -0.25) is 71.9 Å². The van der Waals surface area contributed by atoms with Gasteiger partial charge in [-0.25, -0.2) is 0 Å². The van der Waals surface area contributed by atoms with Crippen LogP contribution in [0.25, 0.3) is 0 Å². The van der Waals surface area contributed by atoms with Crippen LogP contribution >= 0.6 is 0 Å². The van der Waals surface area contributed by atoms with Crippen molar-refractivity contribution in [1.82, 2.24) is 24.5 Å². The summed E-state index contributed by atoms with van der Waals surface area (Å²) in [6, 6.07) is 0. The first-order chi connectivity index (χ1) is 73.2. The molecule has 50 heteroatoms. The van der Waals surface area contributed by atoms with Gasteiger partial charge in [0.1, 0.15) is 56.9 Å². The SMILES string of the molecule is NCCCOCCOCCOCCCNc1c(NCCCC(=O)N2CCN(C(=O)CCCNc3c(NCCCOCCOCCOCCCN)c(=O)c3=O)CCN(C(=O)CCCNc3c(NCCCOCCOCCOCCCN)c(=O)c3=O)CCN(C(=O)CCCNc3c(NCCCOCCOCCOCCCN)c(=O)c3=O)CCN(C(=O)CCCNc3c(NCCCOCCOCCOCCCN)c(=O)c3=O)CC2)c(=O)c1=O. The Morgan fingerprint density at radius 3 is 0.373 bits per heavy atom. The Morgan fingerprint density at radius 2 is 0.260 bits per heavy atom. The van der Waals surface area contributed by atoms with Crippen LogP contribution in [0.4, 0.5) is 56.9 Å². The van der Waals surface area contributed by atoms with E-state index in [-0.39, 0.29) is 219 Å². The van der Waals surface area contributed by atoms with Gasteiger partial charge in [-0.2, -0.15) is 0 Å². The van der Waals surface area contributed by atoms with Crippen LogP contribution in [0.2, 0.25) is 0 Å². The zero-order chi connectivity index (χ0) is 108. The molecule has 0 saturated carbocycles. The lowest BCUT2D eigenvalue weighted by molar-refractivity contribution is -0.137. The first-order valence-electron chi connectivity index (χ1n) is 53.3. The molecule has 50 nitrogen and oxygen atoms in total. The van der Waals surface area contributed by atoms with Crippen LogP contribution in [-0.4, -0.2) is 416 Å². The third-order valence-electron chi connectivity index (χ3n) is 23.9. The van der Waals surface area contributed by atoms with Crippen LogP contribution < -0.4 is 136 Å². The molecule has 0 bridgehead atoms. The van der Waals surface area contributed by atoms with E-state index in [4.69, 9.17) is 99.7 Å². The van der Waals surface area contributed by atoms with Gasteiger partial charge in [0.25, 0.3) is 54.3 Å². The number of anilines is 10. The lowest BCUT2D eigenvalue weighted by atomic mass is 10.1. The maximum absolute atomic E-state index is 15.1. The molecule has 5 amide bonds. The highest BCUT2D eigenvalue weighted by Crippen LogP contribution is 2.22. The number of hydrogen-bond acceptors (Lipinski definition) is 45. The molecule has 0 aliphatic carbocycles. The van der Waals surface area contributed by atoms with Gasteiger partial charge in [0.2, 0.25) is 29.5 Å². The molecule has 1 aliphatic heterocycles. The fraction of sp³-hybridized carbons (Fsp3) is 0.750. The van der Waals surface area contributed by atoms with Crippen molar-refractivity contribution in [1.29, 1.82) is 0 Å². The summed E-state index contributed by atoms with van der Waals surface area (Å²) in [5, 5.41) is 30.3. The molecule has 1 aliphatic rings. The first-order valence-corrected chi connectivity index (χ1v) is 53.3. The van der Waals surface area contributed by atoms with Crippen molar-refractivity contribution in [2.24, 2.45) is 28.7 Å². The predicted molar refractivity (Wildman–Crippen MR) is 574 cm³/mol. The van der Waals surface area contributed by atoms with Gasteiger partial charge in [0.15, 0.2) is 0 Å². The molecule has 0 unspecified atom stereocenters. The Balaban J connectivity index is 1.25. The van der Waals surface area contributed by atoms with Gasteiger partial charge < -0.3 is 177 Å². The van der Waals surface area contributed by atoms with Crippen LogP contribution in [0.5, 0.6) is 0 Å². The fourth-order valence-corrected chi connectivity index (χ4v) is 15.3. The van der Waals surface area contributed by atoms with Crippen LogP contribution in [-0.2, 0) is 95.0 Å². The summed E-state index contributed by atoms with van der Waals surface area (Å²) < 4.78 is 83.5. The molecule has 1 heterocycles. The van der Waals surface area contributed by atoms with Crippen molar-refractivity contribution in [2.75, 3.05) is 415 Å². The second-order valence-corrected chi connectivity index (χ2v) is 35.4. The second kappa shape index (κ2) is 81.7. The molecule has 0 atom stereocenters. The molecule has 5 aromatic carbocycles. The molecule has 20 N–H and O–H groups in total. The lowest BCUT2D eigenvalue weighted by Crippen LogP contribution is -2.47. The first kappa shape index (κ1) is 129.